The molecule has 5 heteroatoms. The first-order valence-corrected chi connectivity index (χ1v) is 7.70. The minimum atomic E-state index is -0.132. The van der Waals surface area contributed by atoms with Gasteiger partial charge in [-0.2, -0.15) is 0 Å². The van der Waals surface area contributed by atoms with Crippen LogP contribution in [0.1, 0.15) is 17.3 Å². The molecule has 0 saturated carbocycles. The van der Waals surface area contributed by atoms with E-state index in [2.05, 4.69) is 5.32 Å². The van der Waals surface area contributed by atoms with Gasteiger partial charge in [-0.25, -0.2) is 0 Å². The molecule has 0 aliphatic heterocycles. The molecule has 21 heavy (non-hydrogen) atoms. The Morgan fingerprint density at radius 2 is 1.67 bits per heavy atom. The van der Waals surface area contributed by atoms with Gasteiger partial charge in [-0.05, 0) is 48.5 Å². The standard InChI is InChI=1S/C16H14ClNO2S/c1-11(19)18-14-6-2-12(3-7-14)16(20)10-21-15-8-4-13(17)5-9-15/h2-9H,10H2,1H3,(H,18,19). The van der Waals surface area contributed by atoms with Crippen molar-refractivity contribution < 1.29 is 9.59 Å². The lowest BCUT2D eigenvalue weighted by Crippen LogP contribution is -2.06. The lowest BCUT2D eigenvalue weighted by Gasteiger charge is -2.04. The van der Waals surface area contributed by atoms with Gasteiger partial charge in [0.05, 0.1) is 5.75 Å². The Morgan fingerprint density at radius 3 is 2.24 bits per heavy atom. The number of rotatable bonds is 5. The van der Waals surface area contributed by atoms with Crippen LogP contribution in [0.5, 0.6) is 0 Å². The van der Waals surface area contributed by atoms with Gasteiger partial charge in [0.1, 0.15) is 0 Å². The number of hydrogen-bond acceptors (Lipinski definition) is 3. The molecule has 0 bridgehead atoms. The van der Waals surface area contributed by atoms with Crippen LogP contribution in [-0.2, 0) is 4.79 Å². The average molecular weight is 320 g/mol. The van der Waals surface area contributed by atoms with Crippen molar-refractivity contribution in [1.29, 1.82) is 0 Å². The lowest BCUT2D eigenvalue weighted by atomic mass is 10.1. The Morgan fingerprint density at radius 1 is 1.05 bits per heavy atom. The third kappa shape index (κ3) is 4.92. The zero-order chi connectivity index (χ0) is 15.2. The number of hydrogen-bond donors (Lipinski definition) is 1. The number of ketones is 1. The predicted molar refractivity (Wildman–Crippen MR) is 87.3 cm³/mol. The fourth-order valence-electron chi connectivity index (χ4n) is 1.71. The highest BCUT2D eigenvalue weighted by atomic mass is 35.5. The molecule has 0 fully saturated rings. The highest BCUT2D eigenvalue weighted by molar-refractivity contribution is 8.00. The maximum Gasteiger partial charge on any atom is 0.221 e. The van der Waals surface area contributed by atoms with Gasteiger partial charge in [-0.1, -0.05) is 11.6 Å². The number of amides is 1. The van der Waals surface area contributed by atoms with Crippen LogP contribution in [0.4, 0.5) is 5.69 Å². The summed E-state index contributed by atoms with van der Waals surface area (Å²) in [6.07, 6.45) is 0. The van der Waals surface area contributed by atoms with E-state index in [9.17, 15) is 9.59 Å². The normalized spacial score (nSPS) is 10.2. The Kier molecular flexibility index (Phi) is 5.42. The molecule has 0 radical (unpaired) electrons. The van der Waals surface area contributed by atoms with Gasteiger partial charge in [0.2, 0.25) is 5.91 Å². The summed E-state index contributed by atoms with van der Waals surface area (Å²) in [5.41, 5.74) is 1.31. The quantitative estimate of drug-likeness (QED) is 0.661. The summed E-state index contributed by atoms with van der Waals surface area (Å²) in [4.78, 5) is 24.0. The summed E-state index contributed by atoms with van der Waals surface area (Å²) in [6.45, 7) is 1.45. The van der Waals surface area contributed by atoms with Crippen molar-refractivity contribution in [2.75, 3.05) is 11.1 Å². The molecule has 1 amide bonds. The van der Waals surface area contributed by atoms with E-state index in [0.717, 1.165) is 4.90 Å². The Balaban J connectivity index is 1.93. The van der Waals surface area contributed by atoms with E-state index in [4.69, 9.17) is 11.6 Å². The number of thioether (sulfide) groups is 1. The second-order valence-corrected chi connectivity index (χ2v) is 5.91. The van der Waals surface area contributed by atoms with E-state index in [0.29, 0.717) is 22.0 Å². The van der Waals surface area contributed by atoms with E-state index >= 15 is 0 Å². The molecule has 2 rings (SSSR count). The molecule has 3 nitrogen and oxygen atoms in total. The van der Waals surface area contributed by atoms with Crippen LogP contribution in [0.15, 0.2) is 53.4 Å². The van der Waals surface area contributed by atoms with Crippen LogP contribution in [0.25, 0.3) is 0 Å². The first-order chi connectivity index (χ1) is 10.0. The van der Waals surface area contributed by atoms with Crippen molar-refractivity contribution in [2.45, 2.75) is 11.8 Å². The first kappa shape index (κ1) is 15.6. The molecular formula is C16H14ClNO2S. The number of nitrogens with one attached hydrogen (secondary N) is 1. The van der Waals surface area contributed by atoms with Crippen LogP contribution < -0.4 is 5.32 Å². The van der Waals surface area contributed by atoms with Crippen molar-refractivity contribution in [2.24, 2.45) is 0 Å². The molecule has 1 N–H and O–H groups in total. The Bertz CT molecular complexity index is 638. The van der Waals surface area contributed by atoms with E-state index < -0.39 is 0 Å². The van der Waals surface area contributed by atoms with E-state index in [1.807, 2.05) is 12.1 Å². The van der Waals surface area contributed by atoms with Gasteiger partial charge >= 0.3 is 0 Å². The summed E-state index contributed by atoms with van der Waals surface area (Å²) in [6, 6.07) is 14.3. The van der Waals surface area contributed by atoms with Crippen LogP contribution >= 0.6 is 23.4 Å². The third-order valence-electron chi connectivity index (χ3n) is 2.71. The molecular weight excluding hydrogens is 306 g/mol. The van der Waals surface area contributed by atoms with Gasteiger partial charge < -0.3 is 5.32 Å². The zero-order valence-electron chi connectivity index (χ0n) is 11.4. The van der Waals surface area contributed by atoms with Gasteiger partial charge in [-0.3, -0.25) is 9.59 Å². The summed E-state index contributed by atoms with van der Waals surface area (Å²) in [7, 11) is 0. The zero-order valence-corrected chi connectivity index (χ0v) is 13.0. The van der Waals surface area contributed by atoms with Crippen LogP contribution in [0, 0.1) is 0 Å². The number of anilines is 1. The largest absolute Gasteiger partial charge is 0.326 e. The molecule has 0 spiro atoms. The third-order valence-corrected chi connectivity index (χ3v) is 3.97. The van der Waals surface area contributed by atoms with Gasteiger partial charge in [0.25, 0.3) is 0 Å². The lowest BCUT2D eigenvalue weighted by molar-refractivity contribution is -0.114. The summed E-state index contributed by atoms with van der Waals surface area (Å²) >= 11 is 7.28. The maximum atomic E-state index is 12.1. The van der Waals surface area contributed by atoms with Crippen molar-refractivity contribution in [3.05, 3.63) is 59.1 Å². The average Bonchev–Trinajstić information content (AvgIpc) is 2.46. The summed E-state index contributed by atoms with van der Waals surface area (Å²) in [5, 5.41) is 3.35. The topological polar surface area (TPSA) is 46.2 Å². The van der Waals surface area contributed by atoms with Crippen molar-refractivity contribution in [1.82, 2.24) is 0 Å². The monoisotopic (exact) mass is 319 g/mol. The number of Topliss-reactive ketones (excluding diaryl/α,β-unsaturated/α-hetero) is 1. The van der Waals surface area contributed by atoms with Gasteiger partial charge in [-0.15, -0.1) is 11.8 Å². The van der Waals surface area contributed by atoms with Crippen LogP contribution in [0.3, 0.4) is 0 Å². The number of benzene rings is 2. The molecule has 108 valence electrons. The van der Waals surface area contributed by atoms with Crippen LogP contribution in [0.2, 0.25) is 5.02 Å². The van der Waals surface area contributed by atoms with E-state index in [1.165, 1.54) is 18.7 Å². The predicted octanol–water partition coefficient (Wildman–Crippen LogP) is 4.27. The number of carbonyl (C=O) groups is 2. The fourth-order valence-corrected chi connectivity index (χ4v) is 2.62. The van der Waals surface area contributed by atoms with Gasteiger partial charge in [0, 0.05) is 28.1 Å². The molecule has 0 aromatic heterocycles. The Hall–Kier alpha value is -1.78. The van der Waals surface area contributed by atoms with Crippen molar-refractivity contribution in [3.8, 4) is 0 Å². The minimum absolute atomic E-state index is 0.0457. The van der Waals surface area contributed by atoms with Crippen LogP contribution in [-0.4, -0.2) is 17.4 Å². The highest BCUT2D eigenvalue weighted by Crippen LogP contribution is 2.21. The van der Waals surface area contributed by atoms with Gasteiger partial charge in [0.15, 0.2) is 5.78 Å². The molecule has 0 unspecified atom stereocenters. The smallest absolute Gasteiger partial charge is 0.221 e. The molecule has 0 aliphatic rings. The number of halogens is 1. The Labute approximate surface area is 132 Å². The van der Waals surface area contributed by atoms with E-state index in [1.54, 1.807) is 36.4 Å². The summed E-state index contributed by atoms with van der Waals surface area (Å²) in [5.74, 6) is 0.276. The maximum absolute atomic E-state index is 12.1. The van der Waals surface area contributed by atoms with E-state index in [-0.39, 0.29) is 11.7 Å². The van der Waals surface area contributed by atoms with Crippen molar-refractivity contribution >= 4 is 40.7 Å². The molecule has 2 aromatic carbocycles. The number of carbonyl (C=O) groups excluding carboxylic acids is 2. The molecule has 0 atom stereocenters. The molecule has 0 heterocycles. The second kappa shape index (κ2) is 7.29. The highest BCUT2D eigenvalue weighted by Gasteiger charge is 2.07. The SMILES string of the molecule is CC(=O)Nc1ccc(C(=O)CSc2ccc(Cl)cc2)cc1. The minimum Gasteiger partial charge on any atom is -0.326 e. The van der Waals surface area contributed by atoms with Crippen molar-refractivity contribution in [3.63, 3.8) is 0 Å². The fraction of sp³-hybridized carbons (Fsp3) is 0.125. The summed E-state index contributed by atoms with van der Waals surface area (Å²) < 4.78 is 0. The first-order valence-electron chi connectivity index (χ1n) is 6.34. The molecule has 0 aliphatic carbocycles. The molecule has 2 aromatic rings. The molecule has 0 saturated heterocycles. The second-order valence-electron chi connectivity index (χ2n) is 4.42.